The number of rotatable bonds is 6. The number of allylic oxidation sites excluding steroid dienone is 2. The summed E-state index contributed by atoms with van der Waals surface area (Å²) >= 11 is 0. The molecule has 0 N–H and O–H groups in total. The van der Waals surface area contributed by atoms with Gasteiger partial charge in [-0.15, -0.1) is 0 Å². The summed E-state index contributed by atoms with van der Waals surface area (Å²) < 4.78 is 10.3. The summed E-state index contributed by atoms with van der Waals surface area (Å²) in [5.74, 6) is -1.91. The van der Waals surface area contributed by atoms with Crippen LogP contribution >= 0.6 is 0 Å². The highest BCUT2D eigenvalue weighted by Gasteiger charge is 2.46. The molecule has 0 radical (unpaired) electrons. The Morgan fingerprint density at radius 3 is 2.45 bits per heavy atom. The monoisotopic (exact) mass is 425 g/mol. The highest BCUT2D eigenvalue weighted by molar-refractivity contribution is 6.09. The minimum Gasteiger partial charge on any atom is -0.465 e. The Hall–Kier alpha value is -2.76. The highest BCUT2D eigenvalue weighted by atomic mass is 16.5. The molecule has 0 amide bonds. The first kappa shape index (κ1) is 22.9. The summed E-state index contributed by atoms with van der Waals surface area (Å²) in [6, 6.07) is 6.91. The first-order valence-corrected chi connectivity index (χ1v) is 10.8. The summed E-state index contributed by atoms with van der Waals surface area (Å²) in [7, 11) is 1.33. The van der Waals surface area contributed by atoms with E-state index in [1.54, 1.807) is 24.3 Å². The van der Waals surface area contributed by atoms with Gasteiger partial charge in [0.15, 0.2) is 5.78 Å². The molecule has 2 atom stereocenters. The Kier molecular flexibility index (Phi) is 6.77. The molecule has 6 nitrogen and oxygen atoms in total. The van der Waals surface area contributed by atoms with E-state index in [0.29, 0.717) is 36.3 Å². The van der Waals surface area contributed by atoms with E-state index in [-0.39, 0.29) is 17.2 Å². The molecule has 0 saturated carbocycles. The second kappa shape index (κ2) is 9.16. The number of benzene rings is 1. The van der Waals surface area contributed by atoms with Crippen molar-refractivity contribution in [3.8, 4) is 0 Å². The third-order valence-corrected chi connectivity index (χ3v) is 5.99. The first-order valence-electron chi connectivity index (χ1n) is 10.8. The lowest BCUT2D eigenvalue weighted by molar-refractivity contribution is -0.146. The molecule has 1 aromatic rings. The molecule has 1 aliphatic carbocycles. The normalized spacial score (nSPS) is 22.5. The van der Waals surface area contributed by atoms with Gasteiger partial charge >= 0.3 is 11.9 Å². The van der Waals surface area contributed by atoms with Gasteiger partial charge in [-0.25, -0.2) is 4.79 Å². The Balaban J connectivity index is 2.06. The maximum Gasteiger partial charge on any atom is 0.337 e. The van der Waals surface area contributed by atoms with Gasteiger partial charge in [0.05, 0.1) is 19.3 Å². The number of methoxy groups -OCH3 is 1. The number of esters is 2. The van der Waals surface area contributed by atoms with Crippen LogP contribution in [-0.4, -0.2) is 37.2 Å². The Bertz CT molecular complexity index is 939. The summed E-state index contributed by atoms with van der Waals surface area (Å²) in [6.45, 7) is 8.33. The lowest BCUT2D eigenvalue weighted by atomic mass is 9.67. The Labute approximate surface area is 183 Å². The smallest absolute Gasteiger partial charge is 0.337 e. The van der Waals surface area contributed by atoms with Crippen molar-refractivity contribution in [2.45, 2.75) is 59.3 Å². The molecule has 1 unspecified atom stereocenters. The molecular formula is C25H31NO5. The number of carbonyl (C=O) groups excluding carboxylic acids is 3. The van der Waals surface area contributed by atoms with E-state index in [0.717, 1.165) is 24.1 Å². The van der Waals surface area contributed by atoms with Gasteiger partial charge in [0, 0.05) is 29.3 Å². The summed E-state index contributed by atoms with van der Waals surface area (Å²) in [5.41, 5.74) is 3.06. The summed E-state index contributed by atoms with van der Waals surface area (Å²) in [4.78, 5) is 42.9. The minimum absolute atomic E-state index is 0.0240. The molecule has 0 aromatic heterocycles. The van der Waals surface area contributed by atoms with Gasteiger partial charge in [-0.2, -0.15) is 0 Å². The van der Waals surface area contributed by atoms with Crippen molar-refractivity contribution >= 4 is 23.4 Å². The van der Waals surface area contributed by atoms with Gasteiger partial charge in [-0.1, -0.05) is 39.3 Å². The maximum absolute atomic E-state index is 13.2. The molecule has 31 heavy (non-hydrogen) atoms. The Morgan fingerprint density at radius 2 is 1.84 bits per heavy atom. The van der Waals surface area contributed by atoms with Gasteiger partial charge in [0.1, 0.15) is 5.92 Å². The van der Waals surface area contributed by atoms with Crippen LogP contribution in [0.3, 0.4) is 0 Å². The maximum atomic E-state index is 13.2. The molecule has 166 valence electrons. The van der Waals surface area contributed by atoms with E-state index in [4.69, 9.17) is 14.5 Å². The highest BCUT2D eigenvalue weighted by Crippen LogP contribution is 2.47. The number of ketones is 1. The fraction of sp³-hybridized carbons (Fsp3) is 0.520. The van der Waals surface area contributed by atoms with Crippen LogP contribution in [0.2, 0.25) is 0 Å². The molecular weight excluding hydrogens is 394 g/mol. The molecule has 6 heteroatoms. The molecule has 2 aliphatic rings. The predicted molar refractivity (Wildman–Crippen MR) is 118 cm³/mol. The average Bonchev–Trinajstić information content (AvgIpc) is 2.71. The van der Waals surface area contributed by atoms with E-state index in [1.807, 2.05) is 13.8 Å². The van der Waals surface area contributed by atoms with E-state index < -0.39 is 17.8 Å². The topological polar surface area (TPSA) is 82.0 Å². The van der Waals surface area contributed by atoms with Crippen LogP contribution in [0.5, 0.6) is 0 Å². The number of hydrogen-bond donors (Lipinski definition) is 0. The zero-order valence-corrected chi connectivity index (χ0v) is 19.0. The minimum atomic E-state index is -0.662. The van der Waals surface area contributed by atoms with Crippen molar-refractivity contribution in [1.82, 2.24) is 0 Å². The molecule has 3 rings (SSSR count). The van der Waals surface area contributed by atoms with Gasteiger partial charge in [-0.3, -0.25) is 14.6 Å². The Morgan fingerprint density at radius 1 is 1.16 bits per heavy atom. The van der Waals surface area contributed by atoms with E-state index in [2.05, 4.69) is 13.8 Å². The fourth-order valence-electron chi connectivity index (χ4n) is 4.46. The van der Waals surface area contributed by atoms with Crippen LogP contribution in [0.4, 0.5) is 0 Å². The third kappa shape index (κ3) is 4.78. The van der Waals surface area contributed by atoms with Crippen LogP contribution in [0.25, 0.3) is 0 Å². The SMILES string of the molecule is CCCCOC(=O)C1C(C)=NC2=C(C(=O)CC(C)(C)C2)[C@H]1c1ccc(C(=O)OC)cc1. The molecule has 0 bridgehead atoms. The van der Waals surface area contributed by atoms with Crippen molar-refractivity contribution in [2.24, 2.45) is 16.3 Å². The van der Waals surface area contributed by atoms with Crippen LogP contribution in [-0.2, 0) is 19.1 Å². The molecule has 1 aromatic carbocycles. The number of hydrogen-bond acceptors (Lipinski definition) is 6. The van der Waals surface area contributed by atoms with Gasteiger partial charge < -0.3 is 9.47 Å². The molecule has 0 saturated heterocycles. The van der Waals surface area contributed by atoms with Crippen LogP contribution < -0.4 is 0 Å². The van der Waals surface area contributed by atoms with Crippen molar-refractivity contribution in [3.05, 3.63) is 46.7 Å². The summed E-state index contributed by atoms with van der Waals surface area (Å²) in [5, 5.41) is 0. The average molecular weight is 426 g/mol. The zero-order chi connectivity index (χ0) is 22.8. The van der Waals surface area contributed by atoms with Gasteiger partial charge in [-0.05, 0) is 42.9 Å². The van der Waals surface area contributed by atoms with Crippen LogP contribution in [0.15, 0.2) is 40.5 Å². The van der Waals surface area contributed by atoms with Gasteiger partial charge in [0.25, 0.3) is 0 Å². The number of Topliss-reactive ketones (excluding diaryl/α,β-unsaturated/α-hetero) is 1. The standard InChI is InChI=1S/C25H31NO5/c1-6-7-12-31-24(29)20-15(2)26-18-13-25(3,4)14-19(27)22(18)21(20)16-8-10-17(11-9-16)23(28)30-5/h8-11,20-21H,6-7,12-14H2,1-5H3/t20?,21-/m0/s1. The molecule has 0 spiro atoms. The number of carbonyl (C=O) groups is 3. The van der Waals surface area contributed by atoms with Crippen molar-refractivity contribution in [1.29, 1.82) is 0 Å². The lowest BCUT2D eigenvalue weighted by Gasteiger charge is -2.39. The van der Waals surface area contributed by atoms with E-state index in [9.17, 15) is 14.4 Å². The number of ether oxygens (including phenoxy) is 2. The van der Waals surface area contributed by atoms with Crippen molar-refractivity contribution in [3.63, 3.8) is 0 Å². The van der Waals surface area contributed by atoms with E-state index >= 15 is 0 Å². The number of unbranched alkanes of at least 4 members (excludes halogenated alkanes) is 1. The number of nitrogens with zero attached hydrogens (tertiary/aromatic N) is 1. The lowest BCUT2D eigenvalue weighted by Crippen LogP contribution is -2.39. The largest absolute Gasteiger partial charge is 0.465 e. The predicted octanol–water partition coefficient (Wildman–Crippen LogP) is 4.63. The zero-order valence-electron chi connectivity index (χ0n) is 19.0. The third-order valence-electron chi connectivity index (χ3n) is 5.99. The van der Waals surface area contributed by atoms with Gasteiger partial charge in [0.2, 0.25) is 0 Å². The van der Waals surface area contributed by atoms with E-state index in [1.165, 1.54) is 7.11 Å². The number of aliphatic imine (C=N–C) groups is 1. The molecule has 1 heterocycles. The second-order valence-corrected chi connectivity index (χ2v) is 9.14. The van der Waals surface area contributed by atoms with Crippen LogP contribution in [0, 0.1) is 11.3 Å². The molecule has 1 aliphatic heterocycles. The summed E-state index contributed by atoms with van der Waals surface area (Å²) in [6.07, 6.45) is 2.80. The molecule has 0 fully saturated rings. The van der Waals surface area contributed by atoms with Crippen molar-refractivity contribution < 1.29 is 23.9 Å². The first-order chi connectivity index (χ1) is 14.7. The fourth-order valence-corrected chi connectivity index (χ4v) is 4.46. The quantitative estimate of drug-likeness (QED) is 0.490. The van der Waals surface area contributed by atoms with Crippen molar-refractivity contribution in [2.75, 3.05) is 13.7 Å². The van der Waals surface area contributed by atoms with Crippen LogP contribution in [0.1, 0.15) is 75.2 Å². The second-order valence-electron chi connectivity index (χ2n) is 9.14.